The maximum absolute atomic E-state index is 13.5. The van der Waals surface area contributed by atoms with Crippen LogP contribution in [-0.4, -0.2) is 29.2 Å². The molecule has 8 heteroatoms. The number of hydrogen-bond acceptors (Lipinski definition) is 4. The maximum Gasteiger partial charge on any atom is 0.272 e. The molecule has 0 bridgehead atoms. The van der Waals surface area contributed by atoms with Gasteiger partial charge in [-0.15, -0.1) is 0 Å². The number of ether oxygens (including phenoxy) is 1. The van der Waals surface area contributed by atoms with Gasteiger partial charge in [-0.05, 0) is 62.4 Å². The minimum absolute atomic E-state index is 0.0889. The number of anilines is 1. The molecule has 1 amide bonds. The van der Waals surface area contributed by atoms with Crippen LogP contribution in [-0.2, 0) is 11.3 Å². The smallest absolute Gasteiger partial charge is 0.272 e. The Balaban J connectivity index is 1.65. The van der Waals surface area contributed by atoms with Gasteiger partial charge >= 0.3 is 0 Å². The van der Waals surface area contributed by atoms with Gasteiger partial charge in [0.25, 0.3) is 5.91 Å². The molecule has 5 nitrogen and oxygen atoms in total. The van der Waals surface area contributed by atoms with Crippen molar-refractivity contribution in [2.24, 2.45) is 0 Å². The predicted octanol–water partition coefficient (Wildman–Crippen LogP) is 4.52. The number of aromatic nitrogens is 1. The monoisotopic (exact) mass is 419 g/mol. The van der Waals surface area contributed by atoms with E-state index in [4.69, 9.17) is 4.74 Å². The molecule has 1 saturated heterocycles. The van der Waals surface area contributed by atoms with Gasteiger partial charge in [0.1, 0.15) is 5.69 Å². The first-order valence-electron chi connectivity index (χ1n) is 9.56. The van der Waals surface area contributed by atoms with Crippen LogP contribution in [0, 0.1) is 18.6 Å². The van der Waals surface area contributed by atoms with E-state index in [-0.39, 0.29) is 17.1 Å². The molecule has 1 fully saturated rings. The number of benzene rings is 1. The average Bonchev–Trinajstić information content (AvgIpc) is 2.80. The third kappa shape index (κ3) is 3.97. The quantitative estimate of drug-likeness (QED) is 0.700. The fourth-order valence-corrected chi connectivity index (χ4v) is 4.53. The maximum atomic E-state index is 13.5. The van der Waals surface area contributed by atoms with Crippen LogP contribution >= 0.6 is 11.9 Å². The van der Waals surface area contributed by atoms with Gasteiger partial charge in [-0.3, -0.25) is 4.79 Å². The number of rotatable bonds is 5. The molecule has 0 atom stereocenters. The van der Waals surface area contributed by atoms with Gasteiger partial charge in [0, 0.05) is 18.3 Å². The first-order chi connectivity index (χ1) is 13.9. The van der Waals surface area contributed by atoms with Gasteiger partial charge in [0.05, 0.1) is 29.3 Å². The van der Waals surface area contributed by atoms with E-state index in [2.05, 4.69) is 29.1 Å². The van der Waals surface area contributed by atoms with Gasteiger partial charge in [0.15, 0.2) is 11.6 Å². The summed E-state index contributed by atoms with van der Waals surface area (Å²) in [4.78, 5) is 14.1. The zero-order valence-electron chi connectivity index (χ0n) is 16.4. The number of allylic oxidation sites excluding steroid dienone is 1. The standard InChI is InChI=1S/C21H23F2N3O2S/c1-13-18(20(27)24-14-7-8-15(22)16(23)10-14)26-9-5-3-4-6-17(26)19(13)29-25-21(2)11-28-12-21/h4,6-8,10,25H,3,5,9,11-12H2,1-2H3,(H,24,27). The first kappa shape index (κ1) is 20.1. The van der Waals surface area contributed by atoms with Crippen molar-refractivity contribution in [1.82, 2.24) is 9.29 Å². The molecule has 0 aliphatic carbocycles. The lowest BCUT2D eigenvalue weighted by Gasteiger charge is -2.38. The minimum atomic E-state index is -0.993. The summed E-state index contributed by atoms with van der Waals surface area (Å²) in [5.74, 6) is -2.28. The van der Waals surface area contributed by atoms with Crippen LogP contribution in [0.15, 0.2) is 29.2 Å². The Bertz CT molecular complexity index is 983. The van der Waals surface area contributed by atoms with Crippen LogP contribution in [0.4, 0.5) is 14.5 Å². The number of nitrogens with one attached hydrogen (secondary N) is 2. The second kappa shape index (κ2) is 7.93. The second-order valence-corrected chi connectivity index (χ2v) is 8.54. The Kier molecular flexibility index (Phi) is 5.50. The Morgan fingerprint density at radius 3 is 2.76 bits per heavy atom. The summed E-state index contributed by atoms with van der Waals surface area (Å²) in [6.07, 6.45) is 6.03. The van der Waals surface area contributed by atoms with Crippen LogP contribution in [0.5, 0.6) is 0 Å². The molecule has 0 spiro atoms. The van der Waals surface area contributed by atoms with E-state index in [1.54, 1.807) is 0 Å². The molecule has 2 aliphatic heterocycles. The fraction of sp³-hybridized carbons (Fsp3) is 0.381. The van der Waals surface area contributed by atoms with Gasteiger partial charge in [0.2, 0.25) is 0 Å². The number of fused-ring (bicyclic) bond motifs is 1. The Labute approximate surface area is 172 Å². The summed E-state index contributed by atoms with van der Waals surface area (Å²) >= 11 is 1.51. The molecule has 2 N–H and O–H groups in total. The lowest BCUT2D eigenvalue weighted by atomic mass is 10.0. The van der Waals surface area contributed by atoms with E-state index in [1.807, 2.05) is 11.5 Å². The summed E-state index contributed by atoms with van der Waals surface area (Å²) in [5.41, 5.74) is 2.51. The van der Waals surface area contributed by atoms with Crippen molar-refractivity contribution in [3.8, 4) is 0 Å². The van der Waals surface area contributed by atoms with E-state index in [0.717, 1.165) is 41.1 Å². The molecule has 1 aromatic carbocycles. The highest BCUT2D eigenvalue weighted by Gasteiger charge is 2.34. The average molecular weight is 419 g/mol. The largest absolute Gasteiger partial charge is 0.377 e. The van der Waals surface area contributed by atoms with Crippen molar-refractivity contribution in [2.75, 3.05) is 18.5 Å². The molecule has 2 aromatic rings. The SMILES string of the molecule is Cc1c(SNC2(C)COC2)c2n(c1C(=O)Nc1ccc(F)c(F)c1)CCCC=C2. The van der Waals surface area contributed by atoms with Crippen molar-refractivity contribution < 1.29 is 18.3 Å². The van der Waals surface area contributed by atoms with Gasteiger partial charge in [-0.2, -0.15) is 0 Å². The van der Waals surface area contributed by atoms with Crippen molar-refractivity contribution in [2.45, 2.75) is 43.7 Å². The molecule has 4 rings (SSSR count). The summed E-state index contributed by atoms with van der Waals surface area (Å²) in [6, 6.07) is 3.35. The second-order valence-electron chi connectivity index (χ2n) is 7.72. The number of amides is 1. The zero-order chi connectivity index (χ0) is 20.6. The van der Waals surface area contributed by atoms with Gasteiger partial charge in [-0.25, -0.2) is 13.5 Å². The summed E-state index contributed by atoms with van der Waals surface area (Å²) in [6.45, 7) is 6.02. The zero-order valence-corrected chi connectivity index (χ0v) is 17.2. The Morgan fingerprint density at radius 2 is 2.07 bits per heavy atom. The first-order valence-corrected chi connectivity index (χ1v) is 10.4. The Morgan fingerprint density at radius 1 is 1.28 bits per heavy atom. The van der Waals surface area contributed by atoms with Crippen LogP contribution in [0.25, 0.3) is 6.08 Å². The minimum Gasteiger partial charge on any atom is -0.377 e. The van der Waals surface area contributed by atoms with Crippen LogP contribution in [0.1, 0.15) is 41.5 Å². The number of halogens is 2. The van der Waals surface area contributed by atoms with E-state index in [1.165, 1.54) is 18.0 Å². The highest BCUT2D eigenvalue weighted by molar-refractivity contribution is 7.97. The summed E-state index contributed by atoms with van der Waals surface area (Å²) in [7, 11) is 0. The van der Waals surface area contributed by atoms with Crippen molar-refractivity contribution in [1.29, 1.82) is 0 Å². The molecular formula is C21H23F2N3O2S. The number of hydrogen-bond donors (Lipinski definition) is 2. The molecule has 0 saturated carbocycles. The van der Waals surface area contributed by atoms with Crippen LogP contribution in [0.2, 0.25) is 0 Å². The number of carbonyl (C=O) groups is 1. The lowest BCUT2D eigenvalue weighted by Crippen LogP contribution is -2.55. The van der Waals surface area contributed by atoms with Crippen molar-refractivity contribution in [3.63, 3.8) is 0 Å². The highest BCUT2D eigenvalue weighted by atomic mass is 32.2. The molecule has 0 radical (unpaired) electrons. The van der Waals surface area contributed by atoms with Crippen LogP contribution in [0.3, 0.4) is 0 Å². The van der Waals surface area contributed by atoms with E-state index >= 15 is 0 Å². The third-order valence-electron chi connectivity index (χ3n) is 5.15. The van der Waals surface area contributed by atoms with Crippen molar-refractivity contribution in [3.05, 3.63) is 52.9 Å². The molecule has 3 heterocycles. The third-order valence-corrected chi connectivity index (χ3v) is 6.46. The molecule has 29 heavy (non-hydrogen) atoms. The van der Waals surface area contributed by atoms with Crippen molar-refractivity contribution >= 4 is 29.6 Å². The highest BCUT2D eigenvalue weighted by Crippen LogP contribution is 2.35. The topological polar surface area (TPSA) is 55.3 Å². The van der Waals surface area contributed by atoms with Crippen LogP contribution < -0.4 is 10.0 Å². The fourth-order valence-electron chi connectivity index (χ4n) is 3.53. The lowest BCUT2D eigenvalue weighted by molar-refractivity contribution is -0.0510. The molecular weight excluding hydrogens is 396 g/mol. The number of nitrogens with zero attached hydrogens (tertiary/aromatic N) is 1. The molecule has 2 aliphatic rings. The predicted molar refractivity (Wildman–Crippen MR) is 110 cm³/mol. The normalized spacial score (nSPS) is 17.4. The Hall–Kier alpha value is -2.16. The van der Waals surface area contributed by atoms with E-state index in [9.17, 15) is 13.6 Å². The molecule has 0 unspecified atom stereocenters. The van der Waals surface area contributed by atoms with Gasteiger partial charge < -0.3 is 14.6 Å². The van der Waals surface area contributed by atoms with Gasteiger partial charge in [-0.1, -0.05) is 6.08 Å². The summed E-state index contributed by atoms with van der Waals surface area (Å²) < 4.78 is 37.5. The number of carbonyl (C=O) groups excluding carboxylic acids is 1. The van der Waals surface area contributed by atoms with E-state index < -0.39 is 11.6 Å². The van der Waals surface area contributed by atoms with E-state index in [0.29, 0.717) is 25.5 Å². The molecule has 1 aromatic heterocycles. The summed E-state index contributed by atoms with van der Waals surface area (Å²) in [5, 5.41) is 2.71. The molecule has 154 valence electrons.